The smallest absolute Gasteiger partial charge is 0.325 e. The molecule has 1 atom stereocenters. The van der Waals surface area contributed by atoms with Crippen LogP contribution >= 0.6 is 0 Å². The zero-order valence-corrected chi connectivity index (χ0v) is 10.8. The number of likely N-dealkylation sites (tertiary alicyclic amines) is 1. The predicted molar refractivity (Wildman–Crippen MR) is 64.8 cm³/mol. The van der Waals surface area contributed by atoms with Gasteiger partial charge in [-0.05, 0) is 25.2 Å². The van der Waals surface area contributed by atoms with E-state index in [4.69, 9.17) is 5.11 Å². The molecule has 1 saturated heterocycles. The maximum Gasteiger partial charge on any atom is 0.325 e. The summed E-state index contributed by atoms with van der Waals surface area (Å²) in [6.07, 6.45) is 3.09. The predicted octanol–water partition coefficient (Wildman–Crippen LogP) is 1.68. The number of carboxylic acid groups (broad SMARTS) is 1. The Morgan fingerprint density at radius 2 is 1.94 bits per heavy atom. The first kappa shape index (κ1) is 13.8. The molecule has 1 heterocycles. The summed E-state index contributed by atoms with van der Waals surface area (Å²) in [5, 5.41) is 11.2. The molecular weight excluding hydrogens is 220 g/mol. The molecule has 1 aliphatic heterocycles. The van der Waals surface area contributed by atoms with Crippen LogP contribution in [0.15, 0.2) is 0 Å². The minimum absolute atomic E-state index is 0.266. The first-order valence-electron chi connectivity index (χ1n) is 6.16. The maximum absolute atomic E-state index is 11.8. The first-order valence-corrected chi connectivity index (χ1v) is 6.16. The molecule has 1 unspecified atom stereocenters. The van der Waals surface area contributed by atoms with Crippen LogP contribution in [0.25, 0.3) is 0 Å². The van der Waals surface area contributed by atoms with Gasteiger partial charge in [-0.1, -0.05) is 20.3 Å². The van der Waals surface area contributed by atoms with Crippen molar-refractivity contribution in [3.63, 3.8) is 0 Å². The number of carbonyl (C=O) groups excluding carboxylic acids is 1. The van der Waals surface area contributed by atoms with Crippen LogP contribution < -0.4 is 5.32 Å². The number of amides is 2. The Morgan fingerprint density at radius 1 is 1.41 bits per heavy atom. The molecule has 2 N–H and O–H groups in total. The lowest BCUT2D eigenvalue weighted by Crippen LogP contribution is -2.50. The highest BCUT2D eigenvalue weighted by atomic mass is 16.4. The molecule has 5 nitrogen and oxygen atoms in total. The molecule has 2 amide bonds. The number of carbonyl (C=O) groups is 2. The fourth-order valence-electron chi connectivity index (χ4n) is 1.94. The zero-order valence-electron chi connectivity index (χ0n) is 10.8. The van der Waals surface area contributed by atoms with Crippen LogP contribution in [0.3, 0.4) is 0 Å². The van der Waals surface area contributed by atoms with Gasteiger partial charge in [0.15, 0.2) is 0 Å². The third kappa shape index (κ3) is 3.61. The average Bonchev–Trinajstić information content (AvgIpc) is 2.29. The number of nitrogens with one attached hydrogen (secondary N) is 1. The van der Waals surface area contributed by atoms with E-state index in [9.17, 15) is 9.59 Å². The molecule has 0 aromatic carbocycles. The lowest BCUT2D eigenvalue weighted by atomic mass is 9.78. The van der Waals surface area contributed by atoms with Crippen molar-refractivity contribution in [3.05, 3.63) is 0 Å². The molecule has 0 bridgehead atoms. The van der Waals surface area contributed by atoms with Crippen molar-refractivity contribution < 1.29 is 14.7 Å². The number of hydrogen-bond donors (Lipinski definition) is 2. The number of rotatable bonds is 3. The minimum Gasteiger partial charge on any atom is -0.480 e. The van der Waals surface area contributed by atoms with Crippen LogP contribution in [0.4, 0.5) is 4.79 Å². The van der Waals surface area contributed by atoms with Gasteiger partial charge in [0, 0.05) is 13.1 Å². The van der Waals surface area contributed by atoms with Crippen LogP contribution in [0.5, 0.6) is 0 Å². The van der Waals surface area contributed by atoms with E-state index in [2.05, 4.69) is 19.2 Å². The van der Waals surface area contributed by atoms with Gasteiger partial charge in [-0.25, -0.2) is 4.79 Å². The number of carboxylic acids is 1. The lowest BCUT2D eigenvalue weighted by Gasteiger charge is -2.39. The standard InChI is InChI=1S/C12H22N2O3/c1-4-12(3)5-7-14(8-6-12)11(17)13-9(2)10(15)16/h9H,4-8H2,1-3H3,(H,13,17)(H,15,16). The summed E-state index contributed by atoms with van der Waals surface area (Å²) in [4.78, 5) is 24.1. The summed E-state index contributed by atoms with van der Waals surface area (Å²) in [5.74, 6) is -1.01. The van der Waals surface area contributed by atoms with Gasteiger partial charge in [-0.3, -0.25) is 4.79 Å². The van der Waals surface area contributed by atoms with E-state index in [0.717, 1.165) is 19.3 Å². The zero-order chi connectivity index (χ0) is 13.1. The quantitative estimate of drug-likeness (QED) is 0.791. The topological polar surface area (TPSA) is 69.6 Å². The summed E-state index contributed by atoms with van der Waals surface area (Å²) in [7, 11) is 0. The van der Waals surface area contributed by atoms with Crippen molar-refractivity contribution in [3.8, 4) is 0 Å². The van der Waals surface area contributed by atoms with Crippen LogP contribution in [0.2, 0.25) is 0 Å². The first-order chi connectivity index (χ1) is 7.88. The van der Waals surface area contributed by atoms with Gasteiger partial charge in [0.05, 0.1) is 0 Å². The molecule has 0 aromatic rings. The number of hydrogen-bond acceptors (Lipinski definition) is 2. The monoisotopic (exact) mass is 242 g/mol. The second-order valence-electron chi connectivity index (χ2n) is 5.16. The van der Waals surface area contributed by atoms with Crippen LogP contribution in [-0.2, 0) is 4.79 Å². The van der Waals surface area contributed by atoms with Gasteiger partial charge in [0.2, 0.25) is 0 Å². The highest BCUT2D eigenvalue weighted by Gasteiger charge is 2.30. The summed E-state index contributed by atoms with van der Waals surface area (Å²) in [6, 6.07) is -1.10. The number of urea groups is 1. The summed E-state index contributed by atoms with van der Waals surface area (Å²) >= 11 is 0. The molecule has 0 aromatic heterocycles. The van der Waals surface area contributed by atoms with Gasteiger partial charge < -0.3 is 15.3 Å². The van der Waals surface area contributed by atoms with E-state index < -0.39 is 12.0 Å². The molecule has 17 heavy (non-hydrogen) atoms. The SMILES string of the molecule is CCC1(C)CCN(C(=O)NC(C)C(=O)O)CC1. The Hall–Kier alpha value is -1.26. The van der Waals surface area contributed by atoms with Gasteiger partial charge in [-0.2, -0.15) is 0 Å². The van der Waals surface area contributed by atoms with Crippen molar-refractivity contribution in [1.82, 2.24) is 10.2 Å². The van der Waals surface area contributed by atoms with Crippen molar-refractivity contribution in [1.29, 1.82) is 0 Å². The van der Waals surface area contributed by atoms with Crippen molar-refractivity contribution in [2.24, 2.45) is 5.41 Å². The van der Waals surface area contributed by atoms with E-state index in [1.165, 1.54) is 6.92 Å². The average molecular weight is 242 g/mol. The third-order valence-corrected chi connectivity index (χ3v) is 3.82. The van der Waals surface area contributed by atoms with Gasteiger partial charge >= 0.3 is 12.0 Å². The molecular formula is C12H22N2O3. The fourth-order valence-corrected chi connectivity index (χ4v) is 1.94. The Labute approximate surface area is 102 Å². The number of aliphatic carboxylic acids is 1. The van der Waals surface area contributed by atoms with E-state index in [0.29, 0.717) is 18.5 Å². The third-order valence-electron chi connectivity index (χ3n) is 3.82. The van der Waals surface area contributed by atoms with Gasteiger partial charge in [0.25, 0.3) is 0 Å². The second kappa shape index (κ2) is 5.38. The maximum atomic E-state index is 11.8. The molecule has 0 spiro atoms. The highest BCUT2D eigenvalue weighted by Crippen LogP contribution is 2.33. The molecule has 1 fully saturated rings. The lowest BCUT2D eigenvalue weighted by molar-refractivity contribution is -0.138. The van der Waals surface area contributed by atoms with E-state index in [1.54, 1.807) is 4.90 Å². The molecule has 1 rings (SSSR count). The normalized spacial score (nSPS) is 20.8. The van der Waals surface area contributed by atoms with Gasteiger partial charge in [-0.15, -0.1) is 0 Å². The van der Waals surface area contributed by atoms with Crippen molar-refractivity contribution in [2.45, 2.75) is 46.1 Å². The van der Waals surface area contributed by atoms with Crippen molar-refractivity contribution >= 4 is 12.0 Å². The highest BCUT2D eigenvalue weighted by molar-refractivity contribution is 5.82. The Morgan fingerprint density at radius 3 is 2.35 bits per heavy atom. The molecule has 5 heteroatoms. The summed E-state index contributed by atoms with van der Waals surface area (Å²) < 4.78 is 0. The van der Waals surface area contributed by atoms with Crippen molar-refractivity contribution in [2.75, 3.05) is 13.1 Å². The minimum atomic E-state index is -1.01. The Kier molecular flexibility index (Phi) is 4.37. The number of piperidine rings is 1. The van der Waals surface area contributed by atoms with Gasteiger partial charge in [0.1, 0.15) is 6.04 Å². The van der Waals surface area contributed by atoms with E-state index in [1.807, 2.05) is 0 Å². The van der Waals surface area contributed by atoms with E-state index in [-0.39, 0.29) is 6.03 Å². The van der Waals surface area contributed by atoms with Crippen LogP contribution in [0, 0.1) is 5.41 Å². The Bertz CT molecular complexity index is 296. The summed E-state index contributed by atoms with van der Waals surface area (Å²) in [6.45, 7) is 7.30. The summed E-state index contributed by atoms with van der Waals surface area (Å²) in [5.41, 5.74) is 0.329. The molecule has 0 saturated carbocycles. The van der Waals surface area contributed by atoms with Crippen LogP contribution in [0.1, 0.15) is 40.0 Å². The molecule has 1 aliphatic rings. The second-order valence-corrected chi connectivity index (χ2v) is 5.16. The number of nitrogens with zero attached hydrogens (tertiary/aromatic N) is 1. The fraction of sp³-hybridized carbons (Fsp3) is 0.833. The Balaban J connectivity index is 2.44. The molecule has 98 valence electrons. The molecule has 0 radical (unpaired) electrons. The largest absolute Gasteiger partial charge is 0.480 e. The molecule has 0 aliphatic carbocycles. The van der Waals surface area contributed by atoms with E-state index >= 15 is 0 Å². The van der Waals surface area contributed by atoms with Crippen LogP contribution in [-0.4, -0.2) is 41.1 Å².